The molecule has 2 fully saturated rings. The second-order valence-electron chi connectivity index (χ2n) is 11.3. The molecule has 0 aliphatic carbocycles. The third-order valence-corrected chi connectivity index (χ3v) is 8.64. The lowest BCUT2D eigenvalue weighted by molar-refractivity contribution is -0.146. The molecule has 0 spiro atoms. The molecule has 246 valence electrons. The van der Waals surface area contributed by atoms with Crippen molar-refractivity contribution < 1.29 is 22.7 Å². The lowest BCUT2D eigenvalue weighted by Crippen LogP contribution is -2.67. The van der Waals surface area contributed by atoms with E-state index in [2.05, 4.69) is 73.9 Å². The number of methoxy groups -OCH3 is 1. The minimum Gasteiger partial charge on any atom is -0.496 e. The zero-order chi connectivity index (χ0) is 30.8. The first-order chi connectivity index (χ1) is 21.2. The molecule has 3 aromatic carbocycles. The van der Waals surface area contributed by atoms with Gasteiger partial charge in [-0.25, -0.2) is 0 Å². The van der Waals surface area contributed by atoms with Crippen molar-refractivity contribution in [1.29, 1.82) is 0 Å². The molecular weight excluding hydrogens is 642 g/mol. The predicted octanol–water partition coefficient (Wildman–Crippen LogP) is 5.08. The Morgan fingerprint density at radius 2 is 1.59 bits per heavy atom. The molecule has 1 amide bonds. The van der Waals surface area contributed by atoms with Gasteiger partial charge in [0.15, 0.2) is 0 Å². The number of amides is 1. The van der Waals surface area contributed by atoms with Crippen LogP contribution < -0.4 is 4.74 Å². The summed E-state index contributed by atoms with van der Waals surface area (Å²) in [6, 6.07) is 25.9. The molecule has 0 unspecified atom stereocenters. The lowest BCUT2D eigenvalue weighted by atomic mass is 9.81. The smallest absolute Gasteiger partial charge is 0.453 e. The van der Waals surface area contributed by atoms with Crippen molar-refractivity contribution >= 4 is 30.7 Å². The van der Waals surface area contributed by atoms with E-state index in [1.807, 2.05) is 17.0 Å². The number of aromatic nitrogens is 4. The summed E-state index contributed by atoms with van der Waals surface area (Å²) in [6.07, 6.45) is -4.71. The Bertz CT molecular complexity index is 1550. The Kier molecular flexibility index (Phi) is 11.3. The first-order valence-electron chi connectivity index (χ1n) is 14.6. The summed E-state index contributed by atoms with van der Waals surface area (Å²) >= 11 is 0. The van der Waals surface area contributed by atoms with Crippen molar-refractivity contribution in [3.63, 3.8) is 0 Å². The largest absolute Gasteiger partial charge is 0.496 e. The van der Waals surface area contributed by atoms with Crippen LogP contribution in [-0.2, 0) is 17.5 Å². The highest BCUT2D eigenvalue weighted by Crippen LogP contribution is 2.37. The number of nitrogens with zero attached hydrogens (tertiary/aromatic N) is 7. The summed E-state index contributed by atoms with van der Waals surface area (Å²) in [4.78, 5) is 19.2. The SMILES string of the molecule is COc1ccc(-n2nnnc2C(F)(F)F)cc1CN1C[C@H]2CN(C(C)=O)CCN2[C@H](C(c2ccccc2)c2ccccc2)C1.Cl.Cl. The zero-order valence-corrected chi connectivity index (χ0v) is 27.0. The van der Waals surface area contributed by atoms with Gasteiger partial charge in [0.1, 0.15) is 5.75 Å². The normalized spacial score (nSPS) is 18.8. The van der Waals surface area contributed by atoms with E-state index in [0.717, 1.165) is 12.1 Å². The van der Waals surface area contributed by atoms with Gasteiger partial charge in [-0.3, -0.25) is 14.6 Å². The number of halogens is 5. The number of carbonyl (C=O) groups is 1. The minimum absolute atomic E-state index is 0. The van der Waals surface area contributed by atoms with Gasteiger partial charge in [-0.1, -0.05) is 60.7 Å². The average Bonchev–Trinajstić information content (AvgIpc) is 3.53. The molecule has 9 nitrogen and oxygen atoms in total. The van der Waals surface area contributed by atoms with Gasteiger partial charge in [-0.2, -0.15) is 17.9 Å². The van der Waals surface area contributed by atoms with Crippen LogP contribution in [0.2, 0.25) is 0 Å². The van der Waals surface area contributed by atoms with Crippen LogP contribution in [0.15, 0.2) is 78.9 Å². The maximum absolute atomic E-state index is 13.6. The Labute approximate surface area is 278 Å². The molecule has 4 aromatic rings. The number of hydrogen-bond donors (Lipinski definition) is 0. The lowest BCUT2D eigenvalue weighted by Gasteiger charge is -2.53. The number of tetrazole rings is 1. The van der Waals surface area contributed by atoms with Crippen LogP contribution in [0.3, 0.4) is 0 Å². The van der Waals surface area contributed by atoms with Gasteiger partial charge < -0.3 is 9.64 Å². The van der Waals surface area contributed by atoms with Crippen LogP contribution in [0.5, 0.6) is 5.75 Å². The molecule has 0 bridgehead atoms. The Morgan fingerprint density at radius 3 is 2.17 bits per heavy atom. The number of hydrogen-bond acceptors (Lipinski definition) is 7. The van der Waals surface area contributed by atoms with Crippen molar-refractivity contribution in [2.24, 2.45) is 0 Å². The van der Waals surface area contributed by atoms with Gasteiger partial charge in [-0.05, 0) is 39.8 Å². The predicted molar refractivity (Wildman–Crippen MR) is 172 cm³/mol. The van der Waals surface area contributed by atoms with E-state index < -0.39 is 12.0 Å². The van der Waals surface area contributed by atoms with Gasteiger partial charge in [0.2, 0.25) is 5.91 Å². The topological polar surface area (TPSA) is 79.6 Å². The maximum Gasteiger partial charge on any atom is 0.453 e. The molecule has 2 aliphatic rings. The molecule has 0 saturated carbocycles. The van der Waals surface area contributed by atoms with Gasteiger partial charge in [0.25, 0.3) is 5.82 Å². The summed E-state index contributed by atoms with van der Waals surface area (Å²) in [5, 5.41) is 10.1. The molecule has 0 radical (unpaired) electrons. The number of piperazine rings is 2. The molecule has 2 atom stereocenters. The summed E-state index contributed by atoms with van der Waals surface area (Å²) in [6.45, 7) is 5.46. The molecule has 6 rings (SSSR count). The monoisotopic (exact) mass is 677 g/mol. The van der Waals surface area contributed by atoms with Crippen LogP contribution >= 0.6 is 24.8 Å². The van der Waals surface area contributed by atoms with Crippen molar-refractivity contribution in [2.45, 2.75) is 37.6 Å². The van der Waals surface area contributed by atoms with Gasteiger partial charge >= 0.3 is 6.18 Å². The summed E-state index contributed by atoms with van der Waals surface area (Å²) in [5.41, 5.74) is 3.32. The first kappa shape index (κ1) is 35.1. The van der Waals surface area contributed by atoms with E-state index >= 15 is 0 Å². The number of rotatable bonds is 7. The highest BCUT2D eigenvalue weighted by atomic mass is 35.5. The third-order valence-electron chi connectivity index (χ3n) is 8.64. The van der Waals surface area contributed by atoms with E-state index in [1.165, 1.54) is 17.2 Å². The van der Waals surface area contributed by atoms with E-state index in [9.17, 15) is 18.0 Å². The highest BCUT2D eigenvalue weighted by Gasteiger charge is 2.43. The molecular formula is C32H36Cl2F3N7O2. The van der Waals surface area contributed by atoms with E-state index in [1.54, 1.807) is 26.2 Å². The van der Waals surface area contributed by atoms with Crippen LogP contribution in [0, 0.1) is 0 Å². The quantitative estimate of drug-likeness (QED) is 0.270. The fourth-order valence-corrected chi connectivity index (χ4v) is 6.68. The van der Waals surface area contributed by atoms with Gasteiger partial charge in [-0.15, -0.1) is 29.9 Å². The van der Waals surface area contributed by atoms with Crippen molar-refractivity contribution in [2.75, 3.05) is 39.8 Å². The number of fused-ring (bicyclic) bond motifs is 1. The fourth-order valence-electron chi connectivity index (χ4n) is 6.68. The van der Waals surface area contributed by atoms with Gasteiger partial charge in [0, 0.05) is 69.8 Å². The van der Waals surface area contributed by atoms with Crippen molar-refractivity contribution in [3.05, 3.63) is 101 Å². The van der Waals surface area contributed by atoms with Crippen LogP contribution in [-0.4, -0.2) is 92.7 Å². The second kappa shape index (κ2) is 14.8. The zero-order valence-electron chi connectivity index (χ0n) is 25.4. The minimum atomic E-state index is -4.71. The van der Waals surface area contributed by atoms with E-state index in [0.29, 0.717) is 43.2 Å². The van der Waals surface area contributed by atoms with Crippen molar-refractivity contribution in [1.82, 2.24) is 34.9 Å². The number of benzene rings is 3. The van der Waals surface area contributed by atoms with Crippen LogP contribution in [0.1, 0.15) is 35.4 Å². The Morgan fingerprint density at radius 1 is 0.935 bits per heavy atom. The first-order valence-corrected chi connectivity index (χ1v) is 14.6. The average molecular weight is 679 g/mol. The fraction of sp³-hybridized carbons (Fsp3) is 0.375. The molecule has 3 heterocycles. The summed E-state index contributed by atoms with van der Waals surface area (Å²) in [7, 11) is 1.55. The molecule has 1 aromatic heterocycles. The summed E-state index contributed by atoms with van der Waals surface area (Å²) < 4.78 is 47.2. The van der Waals surface area contributed by atoms with Crippen LogP contribution in [0.4, 0.5) is 13.2 Å². The number of carbonyl (C=O) groups excluding carboxylic acids is 1. The molecule has 0 N–H and O–H groups in total. The summed E-state index contributed by atoms with van der Waals surface area (Å²) in [5.74, 6) is -0.513. The van der Waals surface area contributed by atoms with E-state index in [4.69, 9.17) is 4.74 Å². The van der Waals surface area contributed by atoms with Crippen LogP contribution in [0.25, 0.3) is 5.69 Å². The van der Waals surface area contributed by atoms with Gasteiger partial charge in [0.05, 0.1) is 12.8 Å². The molecule has 46 heavy (non-hydrogen) atoms. The Balaban J connectivity index is 0.00000240. The maximum atomic E-state index is 13.6. The standard InChI is InChI=1S/C32H34F3N7O2.2ClH/c1-22(43)40-15-16-41-27(20-40)19-39(21-28(41)30(23-9-5-3-6-10-23)24-11-7-4-8-12-24)18-25-17-26(13-14-29(25)44-2)42-31(32(33,34)35)36-37-38-42;;/h3-14,17,27-28,30H,15-16,18-21H2,1-2H3;2*1H/t27-,28-;;/m0../s1. The molecule has 14 heteroatoms. The molecule has 2 aliphatic heterocycles. The van der Waals surface area contributed by atoms with Crippen molar-refractivity contribution in [3.8, 4) is 11.4 Å². The second-order valence-corrected chi connectivity index (χ2v) is 11.3. The Hall–Kier alpha value is -3.71. The highest BCUT2D eigenvalue weighted by molar-refractivity contribution is 5.85. The number of alkyl halides is 3. The third kappa shape index (κ3) is 7.30. The van der Waals surface area contributed by atoms with E-state index in [-0.39, 0.29) is 54.4 Å². The molecule has 2 saturated heterocycles. The number of ether oxygens (including phenoxy) is 1.